The predicted octanol–water partition coefficient (Wildman–Crippen LogP) is 3.35. The van der Waals surface area contributed by atoms with Crippen LogP contribution in [0.2, 0.25) is 0 Å². The second-order valence-electron chi connectivity index (χ2n) is 5.67. The molecule has 104 valence electrons. The normalized spacial score (nSPS) is 16.7. The van der Waals surface area contributed by atoms with Crippen molar-refractivity contribution in [1.29, 1.82) is 0 Å². The number of piperidine rings is 1. The summed E-state index contributed by atoms with van der Waals surface area (Å²) in [5, 5.41) is 0. The molecule has 0 unspecified atom stereocenters. The fourth-order valence-electron chi connectivity index (χ4n) is 2.37. The maximum atomic E-state index is 12.4. The maximum Gasteiger partial charge on any atom is 0.253 e. The average Bonchev–Trinajstić information content (AvgIpc) is 2.38. The van der Waals surface area contributed by atoms with Crippen LogP contribution in [-0.2, 0) is 0 Å². The summed E-state index contributed by atoms with van der Waals surface area (Å²) in [6, 6.07) is 7.50. The third-order valence-electron chi connectivity index (χ3n) is 3.52. The van der Waals surface area contributed by atoms with Crippen molar-refractivity contribution in [1.82, 2.24) is 4.90 Å². The summed E-state index contributed by atoms with van der Waals surface area (Å²) in [5.41, 5.74) is 0.729. The standard InChI is InChI=1S/C16H23NO2/c1-12(2)19-15-6-4-5-14(11-15)16(18)17-9-7-13(3)8-10-17/h4-6,11-13H,7-10H2,1-3H3. The Morgan fingerprint density at radius 2 is 2.00 bits per heavy atom. The molecule has 3 heteroatoms. The van der Waals surface area contributed by atoms with Crippen LogP contribution >= 0.6 is 0 Å². The number of likely N-dealkylation sites (tertiary alicyclic amines) is 1. The van der Waals surface area contributed by atoms with Crippen molar-refractivity contribution in [2.45, 2.75) is 39.7 Å². The quantitative estimate of drug-likeness (QED) is 0.835. The van der Waals surface area contributed by atoms with Gasteiger partial charge in [-0.25, -0.2) is 0 Å². The number of hydrogen-bond acceptors (Lipinski definition) is 2. The molecule has 1 aromatic rings. The lowest BCUT2D eigenvalue weighted by atomic mass is 9.98. The molecule has 0 atom stereocenters. The van der Waals surface area contributed by atoms with E-state index in [-0.39, 0.29) is 12.0 Å². The first-order valence-corrected chi connectivity index (χ1v) is 7.12. The van der Waals surface area contributed by atoms with E-state index in [0.717, 1.165) is 43.2 Å². The van der Waals surface area contributed by atoms with E-state index in [1.807, 2.05) is 43.0 Å². The molecule has 0 aliphatic carbocycles. The Morgan fingerprint density at radius 1 is 1.32 bits per heavy atom. The maximum absolute atomic E-state index is 12.4. The van der Waals surface area contributed by atoms with Crippen molar-refractivity contribution >= 4 is 5.91 Å². The van der Waals surface area contributed by atoms with Gasteiger partial charge in [0.2, 0.25) is 0 Å². The zero-order valence-electron chi connectivity index (χ0n) is 12.1. The number of amides is 1. The van der Waals surface area contributed by atoms with Crippen LogP contribution in [0.3, 0.4) is 0 Å². The largest absolute Gasteiger partial charge is 0.491 e. The minimum atomic E-state index is 0.126. The number of benzene rings is 1. The van der Waals surface area contributed by atoms with Crippen LogP contribution in [-0.4, -0.2) is 30.0 Å². The summed E-state index contributed by atoms with van der Waals surface area (Å²) < 4.78 is 5.64. The highest BCUT2D eigenvalue weighted by Gasteiger charge is 2.21. The zero-order chi connectivity index (χ0) is 13.8. The van der Waals surface area contributed by atoms with Gasteiger partial charge in [-0.1, -0.05) is 13.0 Å². The van der Waals surface area contributed by atoms with Crippen molar-refractivity contribution < 1.29 is 9.53 Å². The van der Waals surface area contributed by atoms with Crippen LogP contribution in [0.4, 0.5) is 0 Å². The van der Waals surface area contributed by atoms with Gasteiger partial charge in [0.1, 0.15) is 5.75 Å². The lowest BCUT2D eigenvalue weighted by Gasteiger charge is -2.30. The van der Waals surface area contributed by atoms with Crippen molar-refractivity contribution in [3.63, 3.8) is 0 Å². The molecule has 0 radical (unpaired) electrons. The van der Waals surface area contributed by atoms with Gasteiger partial charge in [0, 0.05) is 18.7 Å². The Morgan fingerprint density at radius 3 is 2.63 bits per heavy atom. The summed E-state index contributed by atoms with van der Waals surface area (Å²) in [6.07, 6.45) is 2.34. The first-order valence-electron chi connectivity index (χ1n) is 7.12. The van der Waals surface area contributed by atoms with E-state index >= 15 is 0 Å². The minimum Gasteiger partial charge on any atom is -0.491 e. The highest BCUT2D eigenvalue weighted by atomic mass is 16.5. The van der Waals surface area contributed by atoms with E-state index in [0.29, 0.717) is 0 Å². The van der Waals surface area contributed by atoms with Gasteiger partial charge in [0.15, 0.2) is 0 Å². The van der Waals surface area contributed by atoms with Crippen LogP contribution in [0.5, 0.6) is 5.75 Å². The summed E-state index contributed by atoms with van der Waals surface area (Å²) in [7, 11) is 0. The van der Waals surface area contributed by atoms with Crippen molar-refractivity contribution in [3.05, 3.63) is 29.8 Å². The second kappa shape index (κ2) is 6.09. The lowest BCUT2D eigenvalue weighted by Crippen LogP contribution is -2.37. The molecule has 0 aromatic heterocycles. The Hall–Kier alpha value is -1.51. The third kappa shape index (κ3) is 3.72. The molecule has 1 heterocycles. The molecule has 3 nitrogen and oxygen atoms in total. The van der Waals surface area contributed by atoms with E-state index in [1.54, 1.807) is 0 Å². The van der Waals surface area contributed by atoms with Crippen molar-refractivity contribution in [3.8, 4) is 5.75 Å². The Bertz CT molecular complexity index is 434. The predicted molar refractivity (Wildman–Crippen MR) is 76.5 cm³/mol. The highest BCUT2D eigenvalue weighted by Crippen LogP contribution is 2.20. The molecular formula is C16H23NO2. The molecule has 1 fully saturated rings. The fraction of sp³-hybridized carbons (Fsp3) is 0.562. The van der Waals surface area contributed by atoms with E-state index < -0.39 is 0 Å². The molecular weight excluding hydrogens is 238 g/mol. The van der Waals surface area contributed by atoms with Gasteiger partial charge in [0.25, 0.3) is 5.91 Å². The monoisotopic (exact) mass is 261 g/mol. The molecule has 1 saturated heterocycles. The zero-order valence-corrected chi connectivity index (χ0v) is 12.1. The number of hydrogen-bond donors (Lipinski definition) is 0. The third-order valence-corrected chi connectivity index (χ3v) is 3.52. The summed E-state index contributed by atoms with van der Waals surface area (Å²) in [5.74, 6) is 1.63. The van der Waals surface area contributed by atoms with Crippen LogP contribution in [0, 0.1) is 5.92 Å². The number of carbonyl (C=O) groups is 1. The lowest BCUT2D eigenvalue weighted by molar-refractivity contribution is 0.0696. The SMILES string of the molecule is CC1CCN(C(=O)c2cccc(OC(C)C)c2)CC1. The van der Waals surface area contributed by atoms with Gasteiger partial charge in [-0.05, 0) is 50.8 Å². The number of rotatable bonds is 3. The van der Waals surface area contributed by atoms with Gasteiger partial charge in [-0.2, -0.15) is 0 Å². The molecule has 1 aliphatic rings. The first-order chi connectivity index (χ1) is 9.06. The Kier molecular flexibility index (Phi) is 4.46. The molecule has 0 spiro atoms. The molecule has 0 bridgehead atoms. The molecule has 1 aromatic carbocycles. The molecule has 1 aliphatic heterocycles. The molecule has 0 N–H and O–H groups in total. The Labute approximate surface area is 115 Å². The number of carbonyl (C=O) groups excluding carboxylic acids is 1. The van der Waals surface area contributed by atoms with E-state index in [2.05, 4.69) is 6.92 Å². The average molecular weight is 261 g/mol. The van der Waals surface area contributed by atoms with Crippen LogP contribution in [0.1, 0.15) is 44.0 Å². The Balaban J connectivity index is 2.06. The van der Waals surface area contributed by atoms with Crippen LogP contribution < -0.4 is 4.74 Å². The van der Waals surface area contributed by atoms with E-state index in [9.17, 15) is 4.79 Å². The second-order valence-corrected chi connectivity index (χ2v) is 5.67. The summed E-state index contributed by atoms with van der Waals surface area (Å²) in [6.45, 7) is 7.96. The smallest absolute Gasteiger partial charge is 0.253 e. The number of ether oxygens (including phenoxy) is 1. The van der Waals surface area contributed by atoms with Gasteiger partial charge in [-0.3, -0.25) is 4.79 Å². The van der Waals surface area contributed by atoms with Crippen LogP contribution in [0.15, 0.2) is 24.3 Å². The summed E-state index contributed by atoms with van der Waals surface area (Å²) >= 11 is 0. The van der Waals surface area contributed by atoms with Gasteiger partial charge in [0.05, 0.1) is 6.10 Å². The van der Waals surface area contributed by atoms with E-state index in [1.165, 1.54) is 0 Å². The van der Waals surface area contributed by atoms with Crippen LogP contribution in [0.25, 0.3) is 0 Å². The molecule has 2 rings (SSSR count). The van der Waals surface area contributed by atoms with Crippen molar-refractivity contribution in [2.24, 2.45) is 5.92 Å². The van der Waals surface area contributed by atoms with Gasteiger partial charge < -0.3 is 9.64 Å². The summed E-state index contributed by atoms with van der Waals surface area (Å²) in [4.78, 5) is 14.4. The highest BCUT2D eigenvalue weighted by molar-refractivity contribution is 5.94. The van der Waals surface area contributed by atoms with Gasteiger partial charge in [-0.15, -0.1) is 0 Å². The first kappa shape index (κ1) is 13.9. The van der Waals surface area contributed by atoms with E-state index in [4.69, 9.17) is 4.74 Å². The fourth-order valence-corrected chi connectivity index (χ4v) is 2.37. The molecule has 19 heavy (non-hydrogen) atoms. The minimum absolute atomic E-state index is 0.126. The van der Waals surface area contributed by atoms with Crippen molar-refractivity contribution in [2.75, 3.05) is 13.1 Å². The molecule has 1 amide bonds. The topological polar surface area (TPSA) is 29.5 Å². The van der Waals surface area contributed by atoms with Gasteiger partial charge >= 0.3 is 0 Å². The molecule has 0 saturated carbocycles. The number of nitrogens with zero attached hydrogens (tertiary/aromatic N) is 1.